The van der Waals surface area contributed by atoms with Crippen molar-refractivity contribution in [1.82, 2.24) is 34.0 Å². The molecule has 8 nitrogen and oxygen atoms in total. The molecular weight excluding hydrogens is 330 g/mol. The van der Waals surface area contributed by atoms with Crippen LogP contribution in [-0.2, 0) is 6.54 Å². The lowest BCUT2D eigenvalue weighted by atomic mass is 9.99. The summed E-state index contributed by atoms with van der Waals surface area (Å²) in [5.41, 5.74) is 0.857. The average molecular weight is 353 g/mol. The fourth-order valence-electron chi connectivity index (χ4n) is 3.64. The number of aromatic nitrogens is 6. The lowest BCUT2D eigenvalue weighted by molar-refractivity contribution is 0.0581. The van der Waals surface area contributed by atoms with Crippen LogP contribution >= 0.6 is 0 Å². The molecule has 0 aromatic carbocycles. The van der Waals surface area contributed by atoms with E-state index in [1.165, 1.54) is 0 Å². The summed E-state index contributed by atoms with van der Waals surface area (Å²) in [7, 11) is 0. The Labute approximate surface area is 151 Å². The highest BCUT2D eigenvalue weighted by Crippen LogP contribution is 2.22. The van der Waals surface area contributed by atoms with E-state index < -0.39 is 0 Å². The van der Waals surface area contributed by atoms with Crippen molar-refractivity contribution < 1.29 is 4.79 Å². The van der Waals surface area contributed by atoms with Gasteiger partial charge in [0.15, 0.2) is 0 Å². The van der Waals surface area contributed by atoms with E-state index in [-0.39, 0.29) is 11.9 Å². The first kappa shape index (κ1) is 16.7. The Bertz CT molecular complexity index is 929. The number of carbonyl (C=O) groups is 1. The molecule has 4 heterocycles. The molecule has 0 bridgehead atoms. The van der Waals surface area contributed by atoms with Crippen molar-refractivity contribution in [3.05, 3.63) is 42.0 Å². The summed E-state index contributed by atoms with van der Waals surface area (Å²) < 4.78 is 3.82. The Morgan fingerprint density at radius 3 is 2.92 bits per heavy atom. The lowest BCUT2D eigenvalue weighted by Gasteiger charge is -2.35. The fraction of sp³-hybridized carbons (Fsp3) is 0.500. The second kappa shape index (κ2) is 6.86. The molecule has 4 rings (SSSR count). The predicted octanol–water partition coefficient (Wildman–Crippen LogP) is 2.02. The minimum atomic E-state index is -0.0600. The SMILES string of the molecule is Cc1ccn2c(C(=O)N3CCCCC3CCn3ccnc3C)nnc2n1. The van der Waals surface area contributed by atoms with Gasteiger partial charge >= 0.3 is 0 Å². The Hall–Kier alpha value is -2.77. The van der Waals surface area contributed by atoms with Gasteiger partial charge in [-0.25, -0.2) is 9.97 Å². The highest BCUT2D eigenvalue weighted by atomic mass is 16.2. The molecule has 0 N–H and O–H groups in total. The van der Waals surface area contributed by atoms with E-state index in [1.54, 1.807) is 4.40 Å². The lowest BCUT2D eigenvalue weighted by Crippen LogP contribution is -2.44. The second-order valence-corrected chi connectivity index (χ2v) is 6.87. The van der Waals surface area contributed by atoms with E-state index in [0.717, 1.165) is 50.3 Å². The van der Waals surface area contributed by atoms with Gasteiger partial charge in [0.2, 0.25) is 5.82 Å². The van der Waals surface area contributed by atoms with Crippen LogP contribution in [0.3, 0.4) is 0 Å². The zero-order chi connectivity index (χ0) is 18.1. The Kier molecular flexibility index (Phi) is 4.40. The van der Waals surface area contributed by atoms with Gasteiger partial charge < -0.3 is 9.47 Å². The molecule has 26 heavy (non-hydrogen) atoms. The molecule has 1 aliphatic rings. The van der Waals surface area contributed by atoms with Crippen LogP contribution < -0.4 is 0 Å². The molecule has 1 aliphatic heterocycles. The average Bonchev–Trinajstić information content (AvgIpc) is 3.25. The van der Waals surface area contributed by atoms with Gasteiger partial charge in [-0.3, -0.25) is 9.20 Å². The molecule has 1 amide bonds. The third-order valence-corrected chi connectivity index (χ3v) is 5.13. The molecule has 1 unspecified atom stereocenters. The van der Waals surface area contributed by atoms with Crippen molar-refractivity contribution in [1.29, 1.82) is 0 Å². The number of nitrogens with zero attached hydrogens (tertiary/aromatic N) is 7. The summed E-state index contributed by atoms with van der Waals surface area (Å²) in [5.74, 6) is 1.76. The smallest absolute Gasteiger partial charge is 0.292 e. The largest absolute Gasteiger partial charge is 0.335 e. The van der Waals surface area contributed by atoms with Gasteiger partial charge in [-0.15, -0.1) is 10.2 Å². The first-order valence-electron chi connectivity index (χ1n) is 9.10. The maximum absolute atomic E-state index is 13.2. The van der Waals surface area contributed by atoms with Gasteiger partial charge in [0.1, 0.15) is 5.82 Å². The van der Waals surface area contributed by atoms with E-state index in [2.05, 4.69) is 24.7 Å². The minimum Gasteiger partial charge on any atom is -0.335 e. The summed E-state index contributed by atoms with van der Waals surface area (Å²) in [4.78, 5) is 23.7. The van der Waals surface area contributed by atoms with Gasteiger partial charge in [0.05, 0.1) is 0 Å². The third kappa shape index (κ3) is 3.07. The molecule has 0 saturated carbocycles. The van der Waals surface area contributed by atoms with E-state index in [9.17, 15) is 4.79 Å². The number of piperidine rings is 1. The number of likely N-dealkylation sites (tertiary alicyclic amines) is 1. The van der Waals surface area contributed by atoms with E-state index in [0.29, 0.717) is 11.6 Å². The van der Waals surface area contributed by atoms with E-state index in [1.807, 2.05) is 43.4 Å². The fourth-order valence-corrected chi connectivity index (χ4v) is 3.64. The van der Waals surface area contributed by atoms with Gasteiger partial charge in [-0.1, -0.05) is 0 Å². The van der Waals surface area contributed by atoms with Crippen LogP contribution in [0.25, 0.3) is 5.78 Å². The van der Waals surface area contributed by atoms with Gasteiger partial charge in [0.25, 0.3) is 11.7 Å². The summed E-state index contributed by atoms with van der Waals surface area (Å²) in [6.45, 7) is 5.53. The number of hydrogen-bond acceptors (Lipinski definition) is 5. The van der Waals surface area contributed by atoms with Crippen molar-refractivity contribution in [3.63, 3.8) is 0 Å². The number of hydrogen-bond donors (Lipinski definition) is 0. The molecule has 1 fully saturated rings. The standard InChI is InChI=1S/C18H23N7O/c1-13-6-11-25-16(21-22-18(25)20-13)17(26)24-9-4-3-5-15(24)7-10-23-12-8-19-14(23)2/h6,8,11-12,15H,3-5,7,9-10H2,1-2H3. The van der Waals surface area contributed by atoms with Crippen LogP contribution in [0.1, 0.15) is 47.8 Å². The summed E-state index contributed by atoms with van der Waals surface area (Å²) in [6.07, 6.45) is 9.74. The van der Waals surface area contributed by atoms with Crippen LogP contribution in [0.15, 0.2) is 24.7 Å². The van der Waals surface area contributed by atoms with Crippen LogP contribution in [0.4, 0.5) is 0 Å². The number of imidazole rings is 1. The summed E-state index contributed by atoms with van der Waals surface area (Å²) in [6, 6.07) is 2.08. The van der Waals surface area contributed by atoms with Crippen LogP contribution in [0, 0.1) is 13.8 Å². The Morgan fingerprint density at radius 2 is 2.12 bits per heavy atom. The quantitative estimate of drug-likeness (QED) is 0.717. The van der Waals surface area contributed by atoms with Crippen molar-refractivity contribution in [2.75, 3.05) is 6.54 Å². The number of carbonyl (C=O) groups excluding carboxylic acids is 1. The zero-order valence-corrected chi connectivity index (χ0v) is 15.2. The number of aryl methyl sites for hydroxylation is 3. The molecule has 3 aromatic heterocycles. The molecule has 1 saturated heterocycles. The van der Waals surface area contributed by atoms with Gasteiger partial charge in [-0.05, 0) is 45.6 Å². The number of amides is 1. The predicted molar refractivity (Wildman–Crippen MR) is 95.8 cm³/mol. The Morgan fingerprint density at radius 1 is 1.23 bits per heavy atom. The van der Waals surface area contributed by atoms with Crippen molar-refractivity contribution in [3.8, 4) is 0 Å². The van der Waals surface area contributed by atoms with Crippen LogP contribution in [0.5, 0.6) is 0 Å². The van der Waals surface area contributed by atoms with E-state index >= 15 is 0 Å². The maximum atomic E-state index is 13.2. The number of rotatable bonds is 4. The van der Waals surface area contributed by atoms with Crippen LogP contribution in [0.2, 0.25) is 0 Å². The third-order valence-electron chi connectivity index (χ3n) is 5.13. The molecule has 0 radical (unpaired) electrons. The summed E-state index contributed by atoms with van der Waals surface area (Å²) in [5, 5.41) is 8.17. The molecule has 8 heteroatoms. The minimum absolute atomic E-state index is 0.0600. The summed E-state index contributed by atoms with van der Waals surface area (Å²) >= 11 is 0. The van der Waals surface area contributed by atoms with Crippen molar-refractivity contribution in [2.24, 2.45) is 0 Å². The molecule has 3 aromatic rings. The number of fused-ring (bicyclic) bond motifs is 1. The molecule has 136 valence electrons. The Balaban J connectivity index is 1.55. The van der Waals surface area contributed by atoms with Crippen LogP contribution in [-0.4, -0.2) is 52.5 Å². The highest BCUT2D eigenvalue weighted by molar-refractivity contribution is 5.91. The van der Waals surface area contributed by atoms with Crippen molar-refractivity contribution >= 4 is 11.7 Å². The first-order chi connectivity index (χ1) is 12.6. The normalized spacial score (nSPS) is 17.8. The first-order valence-corrected chi connectivity index (χ1v) is 9.10. The molecule has 0 aliphatic carbocycles. The van der Waals surface area contributed by atoms with Gasteiger partial charge in [0, 0.05) is 43.4 Å². The van der Waals surface area contributed by atoms with Gasteiger partial charge in [-0.2, -0.15) is 0 Å². The second-order valence-electron chi connectivity index (χ2n) is 6.87. The zero-order valence-electron chi connectivity index (χ0n) is 15.2. The highest BCUT2D eigenvalue weighted by Gasteiger charge is 2.30. The van der Waals surface area contributed by atoms with E-state index in [4.69, 9.17) is 0 Å². The molecule has 1 atom stereocenters. The monoisotopic (exact) mass is 353 g/mol. The maximum Gasteiger partial charge on any atom is 0.292 e. The molecular formula is C18H23N7O. The molecule has 0 spiro atoms. The van der Waals surface area contributed by atoms with Crippen molar-refractivity contribution in [2.45, 2.75) is 52.1 Å². The topological polar surface area (TPSA) is 81.2 Å².